The Kier molecular flexibility index (Phi) is 8.55. The first-order valence-corrected chi connectivity index (χ1v) is 13.1. The summed E-state index contributed by atoms with van der Waals surface area (Å²) >= 11 is 0. The molecule has 1 heterocycles. The minimum atomic E-state index is -0.182. The molecule has 1 amide bonds. The van der Waals surface area contributed by atoms with Crippen LogP contribution in [0.2, 0.25) is 0 Å². The van der Waals surface area contributed by atoms with Gasteiger partial charge in [-0.15, -0.1) is 0 Å². The molecule has 190 valence electrons. The van der Waals surface area contributed by atoms with E-state index in [0.717, 1.165) is 30.8 Å². The molecule has 1 saturated heterocycles. The fourth-order valence-electron chi connectivity index (χ4n) is 5.39. The molecule has 3 aromatic carbocycles. The smallest absolute Gasteiger partial charge is 0.253 e. The lowest BCUT2D eigenvalue weighted by molar-refractivity contribution is 0.0195. The summed E-state index contributed by atoms with van der Waals surface area (Å²) in [5.74, 6) is -0.102. The molecule has 0 radical (unpaired) electrons. The van der Waals surface area contributed by atoms with Crippen LogP contribution in [0.1, 0.15) is 60.8 Å². The number of hydrogen-bond acceptors (Lipinski definition) is 3. The van der Waals surface area contributed by atoms with Crippen molar-refractivity contribution in [2.45, 2.75) is 52.4 Å². The average molecular weight is 488 g/mol. The molecule has 1 aliphatic rings. The number of benzene rings is 3. The van der Waals surface area contributed by atoms with E-state index in [2.05, 4.69) is 66.1 Å². The molecule has 0 saturated carbocycles. The molecular formula is C31H38FN3O. The van der Waals surface area contributed by atoms with E-state index in [1.165, 1.54) is 17.2 Å². The van der Waals surface area contributed by atoms with Gasteiger partial charge in [0.25, 0.3) is 5.91 Å². The molecule has 0 unspecified atom stereocenters. The van der Waals surface area contributed by atoms with E-state index >= 15 is 0 Å². The molecule has 1 aliphatic heterocycles. The molecule has 3 atom stereocenters. The molecule has 0 aliphatic carbocycles. The van der Waals surface area contributed by atoms with Gasteiger partial charge in [0, 0.05) is 50.4 Å². The zero-order chi connectivity index (χ0) is 25.7. The van der Waals surface area contributed by atoms with Crippen LogP contribution in [0.15, 0.2) is 78.9 Å². The van der Waals surface area contributed by atoms with Gasteiger partial charge in [0.05, 0.1) is 6.04 Å². The Morgan fingerprint density at radius 1 is 0.889 bits per heavy atom. The normalized spacial score (nSPS) is 19.7. The van der Waals surface area contributed by atoms with Gasteiger partial charge in [-0.2, -0.15) is 0 Å². The van der Waals surface area contributed by atoms with Crippen molar-refractivity contribution >= 4 is 5.91 Å². The maximum absolute atomic E-state index is 13.8. The third-order valence-electron chi connectivity index (χ3n) is 7.41. The SMILES string of the molecule is CCN(CC)C(=O)c1ccc([C@H](c2ccccc2)N2C[C@H](C)N(Cc3cccc(F)c3)C[C@H]2C)cc1. The maximum atomic E-state index is 13.8. The fourth-order valence-corrected chi connectivity index (χ4v) is 5.39. The van der Waals surface area contributed by atoms with Crippen molar-refractivity contribution < 1.29 is 9.18 Å². The van der Waals surface area contributed by atoms with Crippen LogP contribution in [0.5, 0.6) is 0 Å². The number of hydrogen-bond donors (Lipinski definition) is 0. The highest BCUT2D eigenvalue weighted by atomic mass is 19.1. The van der Waals surface area contributed by atoms with Gasteiger partial charge >= 0.3 is 0 Å². The lowest BCUT2D eigenvalue weighted by Gasteiger charge is -2.47. The second-order valence-electron chi connectivity index (χ2n) is 9.87. The third-order valence-corrected chi connectivity index (χ3v) is 7.41. The van der Waals surface area contributed by atoms with E-state index in [9.17, 15) is 9.18 Å². The maximum Gasteiger partial charge on any atom is 0.253 e. The van der Waals surface area contributed by atoms with E-state index in [1.54, 1.807) is 12.1 Å². The number of carbonyl (C=O) groups is 1. The Morgan fingerprint density at radius 3 is 2.19 bits per heavy atom. The summed E-state index contributed by atoms with van der Waals surface area (Å²) in [5, 5.41) is 0. The van der Waals surface area contributed by atoms with Crippen LogP contribution in [-0.4, -0.2) is 58.9 Å². The first-order valence-electron chi connectivity index (χ1n) is 13.1. The Hall–Kier alpha value is -3.02. The molecule has 0 spiro atoms. The average Bonchev–Trinajstić information content (AvgIpc) is 2.89. The summed E-state index contributed by atoms with van der Waals surface area (Å²) in [6.45, 7) is 12.5. The van der Waals surface area contributed by atoms with Crippen molar-refractivity contribution in [3.8, 4) is 0 Å². The van der Waals surface area contributed by atoms with Gasteiger partial charge in [0.1, 0.15) is 5.82 Å². The largest absolute Gasteiger partial charge is 0.339 e. The van der Waals surface area contributed by atoms with E-state index in [1.807, 2.05) is 36.9 Å². The van der Waals surface area contributed by atoms with Gasteiger partial charge < -0.3 is 4.90 Å². The number of piperazine rings is 1. The van der Waals surface area contributed by atoms with E-state index < -0.39 is 0 Å². The Bertz CT molecular complexity index is 1130. The standard InChI is InChI=1S/C31H38FN3O/c1-5-33(6-2)31(36)28-17-15-27(16-18-28)30(26-12-8-7-9-13-26)35-21-23(3)34(20-24(35)4)22-25-11-10-14-29(32)19-25/h7-19,23-24,30H,5-6,20-22H2,1-4H3/t23-,24+,30-/m0/s1. The van der Waals surface area contributed by atoms with Crippen molar-refractivity contribution in [2.24, 2.45) is 0 Å². The number of rotatable bonds is 8. The van der Waals surface area contributed by atoms with Crippen molar-refractivity contribution in [1.82, 2.24) is 14.7 Å². The van der Waals surface area contributed by atoms with Crippen LogP contribution in [0, 0.1) is 5.82 Å². The predicted molar refractivity (Wildman–Crippen MR) is 144 cm³/mol. The molecule has 4 nitrogen and oxygen atoms in total. The summed E-state index contributed by atoms with van der Waals surface area (Å²) < 4.78 is 13.8. The van der Waals surface area contributed by atoms with Crippen molar-refractivity contribution in [1.29, 1.82) is 0 Å². The highest BCUT2D eigenvalue weighted by Crippen LogP contribution is 2.34. The van der Waals surface area contributed by atoms with Gasteiger partial charge in [-0.1, -0.05) is 54.6 Å². The number of nitrogens with zero attached hydrogens (tertiary/aromatic N) is 3. The van der Waals surface area contributed by atoms with Gasteiger partial charge in [0.15, 0.2) is 0 Å². The van der Waals surface area contributed by atoms with Crippen molar-refractivity contribution in [3.63, 3.8) is 0 Å². The van der Waals surface area contributed by atoms with Crippen molar-refractivity contribution in [3.05, 3.63) is 107 Å². The van der Waals surface area contributed by atoms with Crippen molar-refractivity contribution in [2.75, 3.05) is 26.2 Å². The minimum Gasteiger partial charge on any atom is -0.339 e. The van der Waals surface area contributed by atoms with Crippen LogP contribution in [0.4, 0.5) is 4.39 Å². The Labute approximate surface area is 215 Å². The van der Waals surface area contributed by atoms with Crippen LogP contribution in [-0.2, 0) is 6.54 Å². The molecule has 4 rings (SSSR count). The third kappa shape index (κ3) is 5.85. The first-order chi connectivity index (χ1) is 17.4. The molecule has 3 aromatic rings. The minimum absolute atomic E-state index is 0.0794. The first kappa shape index (κ1) is 26.1. The van der Waals surface area contributed by atoms with Crippen LogP contribution in [0.25, 0.3) is 0 Å². The Balaban J connectivity index is 1.58. The molecule has 1 fully saturated rings. The lowest BCUT2D eigenvalue weighted by atomic mass is 9.92. The summed E-state index contributed by atoms with van der Waals surface area (Å²) in [4.78, 5) is 19.7. The quantitative estimate of drug-likeness (QED) is 0.390. The predicted octanol–water partition coefficient (Wildman–Crippen LogP) is 5.99. The molecule has 0 bridgehead atoms. The highest BCUT2D eigenvalue weighted by Gasteiger charge is 2.34. The monoisotopic (exact) mass is 487 g/mol. The zero-order valence-electron chi connectivity index (χ0n) is 21.9. The summed E-state index contributed by atoms with van der Waals surface area (Å²) in [6, 6.07) is 26.4. The highest BCUT2D eigenvalue weighted by molar-refractivity contribution is 5.94. The molecule has 5 heteroatoms. The number of carbonyl (C=O) groups excluding carboxylic acids is 1. The summed E-state index contributed by atoms with van der Waals surface area (Å²) in [5.41, 5.74) is 4.18. The second kappa shape index (κ2) is 11.8. The lowest BCUT2D eigenvalue weighted by Crippen LogP contribution is -2.56. The fraction of sp³-hybridized carbons (Fsp3) is 0.387. The Morgan fingerprint density at radius 2 is 1.56 bits per heavy atom. The molecule has 0 N–H and O–H groups in total. The van der Waals surface area contributed by atoms with Crippen LogP contribution in [0.3, 0.4) is 0 Å². The van der Waals surface area contributed by atoms with Crippen LogP contribution < -0.4 is 0 Å². The topological polar surface area (TPSA) is 26.8 Å². The van der Waals surface area contributed by atoms with Gasteiger partial charge in [-0.25, -0.2) is 4.39 Å². The summed E-state index contributed by atoms with van der Waals surface area (Å²) in [7, 11) is 0. The zero-order valence-corrected chi connectivity index (χ0v) is 21.9. The molecule has 0 aromatic heterocycles. The number of amides is 1. The van der Waals surface area contributed by atoms with E-state index in [4.69, 9.17) is 0 Å². The van der Waals surface area contributed by atoms with Crippen LogP contribution >= 0.6 is 0 Å². The molecule has 36 heavy (non-hydrogen) atoms. The molecular weight excluding hydrogens is 449 g/mol. The number of halogens is 1. The van der Waals surface area contributed by atoms with Gasteiger partial charge in [0.2, 0.25) is 0 Å². The van der Waals surface area contributed by atoms with E-state index in [-0.39, 0.29) is 17.8 Å². The van der Waals surface area contributed by atoms with Gasteiger partial charge in [-0.05, 0) is 68.7 Å². The second-order valence-corrected chi connectivity index (χ2v) is 9.87. The summed E-state index contributed by atoms with van der Waals surface area (Å²) in [6.07, 6.45) is 0. The van der Waals surface area contributed by atoms with E-state index in [0.29, 0.717) is 25.2 Å². The van der Waals surface area contributed by atoms with Gasteiger partial charge in [-0.3, -0.25) is 14.6 Å².